The van der Waals surface area contributed by atoms with Gasteiger partial charge < -0.3 is 0 Å². The summed E-state index contributed by atoms with van der Waals surface area (Å²) in [7, 11) is -4.61. The van der Waals surface area contributed by atoms with E-state index in [2.05, 4.69) is 4.33 Å². The molecule has 7 heteroatoms. The van der Waals surface area contributed by atoms with E-state index < -0.39 is 10.4 Å². The van der Waals surface area contributed by atoms with Crippen molar-refractivity contribution >= 4 is 61.8 Å². The molecule has 0 heterocycles. The molecule has 0 saturated heterocycles. The van der Waals surface area contributed by atoms with Gasteiger partial charge in [0.2, 0.25) is 0 Å². The zero-order valence-corrected chi connectivity index (χ0v) is 3.34. The van der Waals surface area contributed by atoms with E-state index in [9.17, 15) is 0 Å². The first kappa shape index (κ1) is 11.3. The monoisotopic (exact) mass is 154 g/mol. The summed E-state index contributed by atoms with van der Waals surface area (Å²) in [6.45, 7) is 0. The van der Waals surface area contributed by atoms with Crippen LogP contribution in [0.4, 0.5) is 0 Å². The summed E-state index contributed by atoms with van der Waals surface area (Å²) < 4.78 is 28.0. The summed E-state index contributed by atoms with van der Waals surface area (Å²) >= 11 is 0. The molecule has 0 spiro atoms. The van der Waals surface area contributed by atoms with E-state index in [0.717, 1.165) is 0 Å². The summed E-state index contributed by atoms with van der Waals surface area (Å²) in [5.74, 6) is 0. The van der Waals surface area contributed by atoms with Gasteiger partial charge >= 0.3 is 61.8 Å². The van der Waals surface area contributed by atoms with Gasteiger partial charge in [0.25, 0.3) is 0 Å². The fourth-order valence-electron chi connectivity index (χ4n) is 0. The second-order valence-corrected chi connectivity index (χ2v) is 1.51. The maximum atomic E-state index is 9.08. The van der Waals surface area contributed by atoms with Gasteiger partial charge in [-0.2, -0.15) is 8.42 Å². The molecule has 0 aliphatic carbocycles. The van der Waals surface area contributed by atoms with Gasteiger partial charge in [0.15, 0.2) is 0 Å². The van der Waals surface area contributed by atoms with Crippen molar-refractivity contribution in [3.8, 4) is 0 Å². The molecule has 0 aromatic heterocycles. The van der Waals surface area contributed by atoms with E-state index >= 15 is 0 Å². The van der Waals surface area contributed by atoms with Crippen molar-refractivity contribution in [2.75, 3.05) is 0 Å². The minimum atomic E-state index is -4.61. The van der Waals surface area contributed by atoms with Crippen molar-refractivity contribution < 1.29 is 22.6 Å². The van der Waals surface area contributed by atoms with Crippen LogP contribution in [0.1, 0.15) is 0 Å². The number of hydrogen-bond donors (Lipinski definition) is 2. The quantitative estimate of drug-likeness (QED) is 0.211. The van der Waals surface area contributed by atoms with Crippen LogP contribution in [0.2, 0.25) is 0 Å². The predicted octanol–water partition coefficient (Wildman–Crippen LogP) is -1.37. The van der Waals surface area contributed by atoms with Crippen molar-refractivity contribution in [1.82, 2.24) is 0 Å². The molecule has 0 rings (SSSR count). The third kappa shape index (κ3) is 11.2. The second-order valence-electron chi connectivity index (χ2n) is 0.502. The van der Waals surface area contributed by atoms with E-state index in [1.165, 1.54) is 0 Å². The molecule has 0 saturated carbocycles. The van der Waals surface area contributed by atoms with Crippen LogP contribution in [0, 0.1) is 0 Å². The van der Waals surface area contributed by atoms with E-state index in [4.69, 9.17) is 18.2 Å². The Morgan fingerprint density at radius 2 is 1.57 bits per heavy atom. The normalized spacial score (nSPS) is 10.0. The molecule has 0 atom stereocenters. The van der Waals surface area contributed by atoms with Gasteiger partial charge in [-0.1, -0.05) is 4.33 Å². The topological polar surface area (TPSA) is 83.8 Å². The van der Waals surface area contributed by atoms with E-state index in [0.29, 0.717) is 0 Å². The van der Waals surface area contributed by atoms with Gasteiger partial charge in [-0.25, -0.2) is 5.26 Å². The molecule has 0 bridgehead atoms. The SMILES string of the molecule is O=S(=O)(O)OO.[KH]. The predicted molar refractivity (Wildman–Crippen MR) is 22.4 cm³/mol. The number of rotatable bonds is 1. The zero-order valence-electron chi connectivity index (χ0n) is 2.53. The van der Waals surface area contributed by atoms with Gasteiger partial charge in [-0.3, -0.25) is 4.55 Å². The molecule has 0 amide bonds. The summed E-state index contributed by atoms with van der Waals surface area (Å²) in [5, 5.41) is 7.06. The van der Waals surface area contributed by atoms with Crippen molar-refractivity contribution in [2.45, 2.75) is 0 Å². The Hall–Kier alpha value is 1.47. The first-order chi connectivity index (χ1) is 2.56. The van der Waals surface area contributed by atoms with Crippen LogP contribution in [-0.2, 0) is 14.7 Å². The Bertz CT molecular complexity index is 110. The van der Waals surface area contributed by atoms with Crippen LogP contribution in [0.5, 0.6) is 0 Å². The fraction of sp³-hybridized carbons (Fsp3) is 0. The van der Waals surface area contributed by atoms with Crippen LogP contribution in [0.25, 0.3) is 0 Å². The molecular weight excluding hydrogens is 151 g/mol. The van der Waals surface area contributed by atoms with Gasteiger partial charge in [-0.15, -0.1) is 0 Å². The fourth-order valence-corrected chi connectivity index (χ4v) is 0. The van der Waals surface area contributed by atoms with Crippen molar-refractivity contribution in [2.24, 2.45) is 0 Å². The Morgan fingerprint density at radius 3 is 1.57 bits per heavy atom. The van der Waals surface area contributed by atoms with Gasteiger partial charge in [0.1, 0.15) is 0 Å². The summed E-state index contributed by atoms with van der Waals surface area (Å²) in [6, 6.07) is 0. The van der Waals surface area contributed by atoms with Crippen molar-refractivity contribution in [3.05, 3.63) is 0 Å². The molecule has 7 heavy (non-hydrogen) atoms. The van der Waals surface area contributed by atoms with Crippen molar-refractivity contribution in [1.29, 1.82) is 0 Å². The molecule has 0 aliphatic rings. The van der Waals surface area contributed by atoms with E-state index in [1.807, 2.05) is 0 Å². The van der Waals surface area contributed by atoms with E-state index in [1.54, 1.807) is 0 Å². The van der Waals surface area contributed by atoms with Crippen LogP contribution in [0.3, 0.4) is 0 Å². The van der Waals surface area contributed by atoms with Crippen LogP contribution in [0.15, 0.2) is 0 Å². The number of hydrogen-bond acceptors (Lipinski definition) is 4. The van der Waals surface area contributed by atoms with E-state index in [-0.39, 0.29) is 51.4 Å². The van der Waals surface area contributed by atoms with Gasteiger partial charge in [0, 0.05) is 0 Å². The molecule has 2 N–H and O–H groups in total. The summed E-state index contributed by atoms with van der Waals surface area (Å²) in [6.07, 6.45) is 0. The standard InChI is InChI=1S/K.H2O5S.H/c;1-5-6(2,3)4;/h;1H,(H,2,3,4);. The van der Waals surface area contributed by atoms with Crippen molar-refractivity contribution in [3.63, 3.8) is 0 Å². The average molecular weight is 154 g/mol. The van der Waals surface area contributed by atoms with Crippen LogP contribution < -0.4 is 0 Å². The molecule has 0 fully saturated rings. The van der Waals surface area contributed by atoms with Gasteiger partial charge in [-0.05, 0) is 0 Å². The molecule has 0 radical (unpaired) electrons. The van der Waals surface area contributed by atoms with Crippen LogP contribution in [-0.4, -0.2) is 69.6 Å². The first-order valence-electron chi connectivity index (χ1n) is 0.865. The molecule has 0 aliphatic heterocycles. The maximum absolute atomic E-state index is 9.08. The molecule has 0 aromatic rings. The Balaban J connectivity index is 0. The Kier molecular flexibility index (Phi) is 7.02. The van der Waals surface area contributed by atoms with Gasteiger partial charge in [0.05, 0.1) is 0 Å². The Labute approximate surface area is 83.0 Å². The van der Waals surface area contributed by atoms with Crippen LogP contribution >= 0.6 is 0 Å². The summed E-state index contributed by atoms with van der Waals surface area (Å²) in [5.41, 5.74) is 0. The third-order valence-electron chi connectivity index (χ3n) is 0.0942. The summed E-state index contributed by atoms with van der Waals surface area (Å²) in [4.78, 5) is 0. The average Bonchev–Trinajstić information content (AvgIpc) is 1.35. The first-order valence-corrected chi connectivity index (χ1v) is 2.23. The zero-order chi connectivity index (χ0) is 5.21. The molecular formula is H3KO5S. The molecule has 40 valence electrons. The second kappa shape index (κ2) is 4.36. The Morgan fingerprint density at radius 1 is 1.43 bits per heavy atom. The molecule has 0 aromatic carbocycles. The molecule has 5 nitrogen and oxygen atoms in total. The molecule has 0 unspecified atom stereocenters. The third-order valence-corrected chi connectivity index (χ3v) is 0.283. The minimum absolute atomic E-state index is 0.